The van der Waals surface area contributed by atoms with Crippen molar-refractivity contribution in [1.82, 2.24) is 4.57 Å². The van der Waals surface area contributed by atoms with Crippen molar-refractivity contribution >= 4 is 15.9 Å². The van der Waals surface area contributed by atoms with Crippen molar-refractivity contribution in [3.05, 3.63) is 51.8 Å². The van der Waals surface area contributed by atoms with Gasteiger partial charge in [0.25, 0.3) is 0 Å². The molecule has 1 N–H and O–H groups in total. The van der Waals surface area contributed by atoms with Gasteiger partial charge in [-0.3, -0.25) is 0 Å². The Kier molecular flexibility index (Phi) is 3.30. The molecule has 20 heavy (non-hydrogen) atoms. The third-order valence-corrected chi connectivity index (χ3v) is 4.81. The van der Waals surface area contributed by atoms with Crippen molar-refractivity contribution in [2.24, 2.45) is 5.41 Å². The van der Waals surface area contributed by atoms with E-state index < -0.39 is 0 Å². The van der Waals surface area contributed by atoms with Gasteiger partial charge < -0.3 is 9.67 Å². The van der Waals surface area contributed by atoms with Gasteiger partial charge in [0, 0.05) is 21.9 Å². The first-order valence-corrected chi connectivity index (χ1v) is 7.81. The van der Waals surface area contributed by atoms with Crippen molar-refractivity contribution in [3.63, 3.8) is 0 Å². The molecule has 1 unspecified atom stereocenters. The smallest absolute Gasteiger partial charge is 0.0812 e. The quantitative estimate of drug-likeness (QED) is 0.813. The van der Waals surface area contributed by atoms with Crippen molar-refractivity contribution < 1.29 is 5.11 Å². The van der Waals surface area contributed by atoms with E-state index in [0.29, 0.717) is 0 Å². The van der Waals surface area contributed by atoms with Crippen LogP contribution in [0.4, 0.5) is 0 Å². The molecule has 0 fully saturated rings. The second-order valence-corrected chi connectivity index (χ2v) is 7.46. The topological polar surface area (TPSA) is 25.2 Å². The van der Waals surface area contributed by atoms with Crippen LogP contribution in [-0.2, 0) is 6.42 Å². The Morgan fingerprint density at radius 3 is 2.80 bits per heavy atom. The number of aromatic nitrogens is 1. The van der Waals surface area contributed by atoms with E-state index in [0.717, 1.165) is 28.6 Å². The Hall–Kier alpha value is -1.06. The van der Waals surface area contributed by atoms with Crippen LogP contribution in [0.3, 0.4) is 0 Å². The second kappa shape index (κ2) is 4.74. The average molecular weight is 334 g/mol. The van der Waals surface area contributed by atoms with Gasteiger partial charge in [0.1, 0.15) is 0 Å². The van der Waals surface area contributed by atoms with Crippen LogP contribution in [0.15, 0.2) is 34.9 Å². The molecule has 0 amide bonds. The molecule has 0 radical (unpaired) electrons. The maximum atomic E-state index is 10.4. The summed E-state index contributed by atoms with van der Waals surface area (Å²) in [5.74, 6) is 0. The number of aliphatic hydroxyl groups excluding tert-OH is 1. The normalized spacial score (nSPS) is 20.8. The fourth-order valence-corrected chi connectivity index (χ4v) is 3.60. The Balaban J connectivity index is 2.16. The van der Waals surface area contributed by atoms with Crippen molar-refractivity contribution in [2.45, 2.75) is 39.7 Å². The van der Waals surface area contributed by atoms with Crippen LogP contribution >= 0.6 is 15.9 Å². The summed E-state index contributed by atoms with van der Waals surface area (Å²) < 4.78 is 3.30. The van der Waals surface area contributed by atoms with Gasteiger partial charge in [-0.1, -0.05) is 19.9 Å². The number of fused-ring (bicyclic) bond motifs is 1. The van der Waals surface area contributed by atoms with E-state index in [2.05, 4.69) is 71.7 Å². The molecule has 1 aliphatic rings. The zero-order chi connectivity index (χ0) is 14.5. The average Bonchev–Trinajstić information content (AvgIpc) is 2.74. The summed E-state index contributed by atoms with van der Waals surface area (Å²) >= 11 is 3.64. The number of nitrogens with zero attached hydrogens (tertiary/aromatic N) is 1. The zero-order valence-electron chi connectivity index (χ0n) is 12.2. The lowest BCUT2D eigenvalue weighted by Gasteiger charge is -2.34. The summed E-state index contributed by atoms with van der Waals surface area (Å²) in [6.45, 7) is 6.55. The number of hydrogen-bond acceptors (Lipinski definition) is 1. The first-order chi connectivity index (χ1) is 9.37. The third kappa shape index (κ3) is 2.33. The molecular weight excluding hydrogens is 314 g/mol. The number of halogens is 1. The molecule has 0 spiro atoms. The summed E-state index contributed by atoms with van der Waals surface area (Å²) in [4.78, 5) is 0. The maximum Gasteiger partial charge on any atom is 0.0812 e. The van der Waals surface area contributed by atoms with Gasteiger partial charge in [-0.2, -0.15) is 0 Å². The maximum absolute atomic E-state index is 10.4. The van der Waals surface area contributed by atoms with Crippen LogP contribution in [0.2, 0.25) is 0 Å². The molecule has 2 aromatic rings. The molecule has 1 aromatic carbocycles. The molecule has 1 aliphatic carbocycles. The number of hydrogen-bond donors (Lipinski definition) is 1. The summed E-state index contributed by atoms with van der Waals surface area (Å²) in [5.41, 5.74) is 4.84. The molecule has 0 aliphatic heterocycles. The largest absolute Gasteiger partial charge is 0.388 e. The number of rotatable bonds is 1. The highest BCUT2D eigenvalue weighted by atomic mass is 79.9. The van der Waals surface area contributed by atoms with Gasteiger partial charge in [0.15, 0.2) is 0 Å². The minimum atomic E-state index is -0.349. The first kappa shape index (κ1) is 13.9. The SMILES string of the molecule is Cc1ccc(Br)c(-n2ccc3c2CC(C)(C)CC3O)c1. The number of benzene rings is 1. The standard InChI is InChI=1S/C17H20BrNO/c1-11-4-5-13(18)14(8-11)19-7-6-12-15(19)9-17(2,3)10-16(12)20/h4-8,16,20H,9-10H2,1-3H3. The Labute approximate surface area is 128 Å². The summed E-state index contributed by atoms with van der Waals surface area (Å²) in [5, 5.41) is 10.4. The summed E-state index contributed by atoms with van der Waals surface area (Å²) in [6.07, 6.45) is 3.55. The van der Waals surface area contributed by atoms with Gasteiger partial charge in [-0.05, 0) is 64.9 Å². The zero-order valence-corrected chi connectivity index (χ0v) is 13.7. The molecule has 2 nitrogen and oxygen atoms in total. The molecule has 1 aromatic heterocycles. The second-order valence-electron chi connectivity index (χ2n) is 6.60. The first-order valence-electron chi connectivity index (χ1n) is 7.02. The van der Waals surface area contributed by atoms with E-state index in [4.69, 9.17) is 0 Å². The van der Waals surface area contributed by atoms with Crippen LogP contribution in [-0.4, -0.2) is 9.67 Å². The molecule has 1 atom stereocenters. The van der Waals surface area contributed by atoms with E-state index in [1.54, 1.807) is 0 Å². The lowest BCUT2D eigenvalue weighted by Crippen LogP contribution is -2.26. The summed E-state index contributed by atoms with van der Waals surface area (Å²) in [6, 6.07) is 8.42. The highest BCUT2D eigenvalue weighted by Crippen LogP contribution is 2.42. The minimum absolute atomic E-state index is 0.138. The molecule has 0 bridgehead atoms. The molecule has 0 saturated carbocycles. The van der Waals surface area contributed by atoms with Crippen LogP contribution in [0.1, 0.15) is 43.2 Å². The van der Waals surface area contributed by atoms with Crippen LogP contribution in [0.25, 0.3) is 5.69 Å². The van der Waals surface area contributed by atoms with Crippen molar-refractivity contribution in [1.29, 1.82) is 0 Å². The lowest BCUT2D eigenvalue weighted by molar-refractivity contribution is 0.0987. The van der Waals surface area contributed by atoms with E-state index in [9.17, 15) is 5.11 Å². The van der Waals surface area contributed by atoms with E-state index in [1.807, 2.05) is 0 Å². The van der Waals surface area contributed by atoms with Crippen LogP contribution in [0, 0.1) is 12.3 Å². The fourth-order valence-electron chi connectivity index (χ4n) is 3.16. The van der Waals surface area contributed by atoms with Gasteiger partial charge in [-0.15, -0.1) is 0 Å². The van der Waals surface area contributed by atoms with E-state index >= 15 is 0 Å². The molecule has 1 heterocycles. The van der Waals surface area contributed by atoms with E-state index in [-0.39, 0.29) is 11.5 Å². The highest BCUT2D eigenvalue weighted by molar-refractivity contribution is 9.10. The predicted octanol–water partition coefficient (Wildman–Crippen LogP) is 4.55. The van der Waals surface area contributed by atoms with Crippen molar-refractivity contribution in [3.8, 4) is 5.69 Å². The summed E-state index contributed by atoms with van der Waals surface area (Å²) in [7, 11) is 0. The number of aliphatic hydroxyl groups is 1. The number of aryl methyl sites for hydroxylation is 1. The lowest BCUT2D eigenvalue weighted by atomic mass is 9.75. The van der Waals surface area contributed by atoms with Crippen molar-refractivity contribution in [2.75, 3.05) is 0 Å². The Morgan fingerprint density at radius 2 is 2.05 bits per heavy atom. The van der Waals surface area contributed by atoms with Crippen LogP contribution < -0.4 is 0 Å². The van der Waals surface area contributed by atoms with Gasteiger partial charge in [-0.25, -0.2) is 0 Å². The third-order valence-electron chi connectivity index (χ3n) is 4.14. The highest BCUT2D eigenvalue weighted by Gasteiger charge is 2.33. The predicted molar refractivity (Wildman–Crippen MR) is 85.3 cm³/mol. The van der Waals surface area contributed by atoms with Gasteiger partial charge in [0.05, 0.1) is 11.8 Å². The van der Waals surface area contributed by atoms with Gasteiger partial charge in [0.2, 0.25) is 0 Å². The monoisotopic (exact) mass is 333 g/mol. The van der Waals surface area contributed by atoms with Crippen LogP contribution in [0.5, 0.6) is 0 Å². The fraction of sp³-hybridized carbons (Fsp3) is 0.412. The van der Waals surface area contributed by atoms with E-state index in [1.165, 1.54) is 11.3 Å². The molecule has 0 saturated heterocycles. The Morgan fingerprint density at radius 1 is 1.30 bits per heavy atom. The minimum Gasteiger partial charge on any atom is -0.388 e. The Bertz CT molecular complexity index is 657. The molecule has 3 rings (SSSR count). The molecular formula is C17H20BrNO. The molecule has 3 heteroatoms. The van der Waals surface area contributed by atoms with Gasteiger partial charge >= 0.3 is 0 Å². The molecule has 106 valence electrons.